The van der Waals surface area contributed by atoms with Crippen molar-refractivity contribution in [3.05, 3.63) is 54.1 Å². The third-order valence-electron chi connectivity index (χ3n) is 2.50. The van der Waals surface area contributed by atoms with Crippen LogP contribution in [0.1, 0.15) is 5.69 Å². The highest BCUT2D eigenvalue weighted by Crippen LogP contribution is 2.15. The lowest BCUT2D eigenvalue weighted by atomic mass is 10.3. The van der Waals surface area contributed by atoms with Crippen LogP contribution < -0.4 is 5.73 Å². The maximum atomic E-state index is 13.2. The summed E-state index contributed by atoms with van der Waals surface area (Å²) in [5.74, 6) is -0.112. The molecule has 1 aromatic carbocycles. The number of nitrogen functional groups attached to an aromatic ring is 1. The molecule has 0 amide bonds. The Morgan fingerprint density at radius 3 is 2.78 bits per heavy atom. The summed E-state index contributed by atoms with van der Waals surface area (Å²) in [4.78, 5) is 4.60. The zero-order valence-electron chi connectivity index (χ0n) is 9.67. The summed E-state index contributed by atoms with van der Waals surface area (Å²) < 4.78 is 25.2. The van der Waals surface area contributed by atoms with Gasteiger partial charge in [-0.1, -0.05) is 6.07 Å². The van der Waals surface area contributed by atoms with Gasteiger partial charge in [-0.2, -0.15) is 0 Å². The molecule has 0 radical (unpaired) electrons. The highest BCUT2D eigenvalue weighted by Gasteiger charge is 2.07. The van der Waals surface area contributed by atoms with Crippen LogP contribution in [0.2, 0.25) is 0 Å². The smallest absolute Gasteiger partial charge is 0.147 e. The van der Waals surface area contributed by atoms with Crippen LogP contribution >= 0.6 is 0 Å². The Hall–Kier alpha value is -1.75. The van der Waals surface area contributed by atoms with Crippen molar-refractivity contribution in [3.8, 4) is 0 Å². The molecule has 0 fully saturated rings. The Balaban J connectivity index is 2.02. The van der Waals surface area contributed by atoms with Crippen molar-refractivity contribution in [2.45, 2.75) is 11.3 Å². The minimum Gasteiger partial charge on any atom is -0.396 e. The van der Waals surface area contributed by atoms with Crippen LogP contribution in [0.15, 0.2) is 47.5 Å². The van der Waals surface area contributed by atoms with Crippen LogP contribution in [0.5, 0.6) is 0 Å². The van der Waals surface area contributed by atoms with E-state index in [9.17, 15) is 8.60 Å². The van der Waals surface area contributed by atoms with Gasteiger partial charge in [-0.25, -0.2) is 4.39 Å². The van der Waals surface area contributed by atoms with E-state index in [2.05, 4.69) is 4.98 Å². The lowest BCUT2D eigenvalue weighted by Gasteiger charge is -2.03. The van der Waals surface area contributed by atoms with Crippen LogP contribution in [0.4, 0.5) is 10.1 Å². The molecule has 2 aromatic rings. The molecule has 0 spiro atoms. The zero-order valence-corrected chi connectivity index (χ0v) is 10.5. The number of anilines is 1. The second kappa shape index (κ2) is 5.73. The minimum atomic E-state index is -1.24. The molecule has 0 aliphatic carbocycles. The van der Waals surface area contributed by atoms with E-state index in [0.29, 0.717) is 17.1 Å². The summed E-state index contributed by atoms with van der Waals surface area (Å²) in [6.07, 6.45) is 2.29. The van der Waals surface area contributed by atoms with Gasteiger partial charge in [-0.3, -0.25) is 9.19 Å². The number of rotatable bonds is 4. The summed E-state index contributed by atoms with van der Waals surface area (Å²) in [6.45, 7) is 0. The van der Waals surface area contributed by atoms with Crippen LogP contribution in [0, 0.1) is 5.82 Å². The molecule has 0 aliphatic rings. The van der Waals surface area contributed by atoms with E-state index in [1.807, 2.05) is 18.2 Å². The first-order valence-corrected chi connectivity index (χ1v) is 6.82. The third-order valence-corrected chi connectivity index (χ3v) is 3.86. The predicted molar refractivity (Wildman–Crippen MR) is 70.0 cm³/mol. The van der Waals surface area contributed by atoms with Gasteiger partial charge in [-0.05, 0) is 30.3 Å². The van der Waals surface area contributed by atoms with Crippen molar-refractivity contribution in [1.29, 1.82) is 0 Å². The molecule has 3 nitrogen and oxygen atoms in total. The first-order chi connectivity index (χ1) is 8.66. The largest absolute Gasteiger partial charge is 0.396 e. The molecule has 2 N–H and O–H groups in total. The molecule has 0 bridgehead atoms. The number of aromatic nitrogens is 1. The number of aryl methyl sites for hydroxylation is 1. The maximum absolute atomic E-state index is 13.2. The van der Waals surface area contributed by atoms with Crippen molar-refractivity contribution in [1.82, 2.24) is 4.98 Å². The number of hydrogen-bond donors (Lipinski definition) is 1. The molecule has 2 rings (SSSR count). The normalized spacial score (nSPS) is 12.3. The average Bonchev–Trinajstić information content (AvgIpc) is 2.40. The van der Waals surface area contributed by atoms with Gasteiger partial charge in [0.2, 0.25) is 0 Å². The van der Waals surface area contributed by atoms with Gasteiger partial charge < -0.3 is 5.73 Å². The van der Waals surface area contributed by atoms with E-state index in [4.69, 9.17) is 5.73 Å². The van der Waals surface area contributed by atoms with Crippen molar-refractivity contribution in [2.24, 2.45) is 0 Å². The molecule has 1 heterocycles. The molecule has 5 heteroatoms. The molecular weight excluding hydrogens is 251 g/mol. The lowest BCUT2D eigenvalue weighted by Crippen LogP contribution is -2.04. The minimum absolute atomic E-state index is 0.0699. The SMILES string of the molecule is Nc1ccc(S(=O)CCc2ccccn2)cc1F. The molecule has 0 saturated carbocycles. The lowest BCUT2D eigenvalue weighted by molar-refractivity contribution is 0.627. The predicted octanol–water partition coefficient (Wildman–Crippen LogP) is 2.15. The molecule has 1 atom stereocenters. The highest BCUT2D eigenvalue weighted by atomic mass is 32.2. The Bertz CT molecular complexity index is 560. The van der Waals surface area contributed by atoms with Gasteiger partial charge in [0.15, 0.2) is 0 Å². The summed E-state index contributed by atoms with van der Waals surface area (Å²) in [7, 11) is -1.24. The van der Waals surface area contributed by atoms with Crippen molar-refractivity contribution in [2.75, 3.05) is 11.5 Å². The maximum Gasteiger partial charge on any atom is 0.147 e. The molecule has 94 valence electrons. The average molecular weight is 264 g/mol. The van der Waals surface area contributed by atoms with Crippen LogP contribution in [-0.2, 0) is 17.2 Å². The Labute approximate surface area is 107 Å². The van der Waals surface area contributed by atoms with Crippen LogP contribution in [-0.4, -0.2) is 14.9 Å². The Morgan fingerprint density at radius 1 is 1.28 bits per heavy atom. The van der Waals surface area contributed by atoms with Crippen LogP contribution in [0.25, 0.3) is 0 Å². The molecule has 1 unspecified atom stereocenters. The van der Waals surface area contributed by atoms with Gasteiger partial charge in [-0.15, -0.1) is 0 Å². The van der Waals surface area contributed by atoms with Crippen molar-refractivity contribution in [3.63, 3.8) is 0 Å². The summed E-state index contributed by atoms with van der Waals surface area (Å²) >= 11 is 0. The fourth-order valence-electron chi connectivity index (χ4n) is 1.51. The number of nitrogens with zero attached hydrogens (tertiary/aromatic N) is 1. The van der Waals surface area contributed by atoms with Gasteiger partial charge >= 0.3 is 0 Å². The van der Waals surface area contributed by atoms with E-state index in [1.165, 1.54) is 12.1 Å². The van der Waals surface area contributed by atoms with Crippen molar-refractivity contribution < 1.29 is 8.60 Å². The fraction of sp³-hybridized carbons (Fsp3) is 0.154. The molecular formula is C13H13FN2OS. The number of benzene rings is 1. The van der Waals surface area contributed by atoms with Gasteiger partial charge in [0.1, 0.15) is 5.82 Å². The van der Waals surface area contributed by atoms with Crippen molar-refractivity contribution >= 4 is 16.5 Å². The molecule has 0 aliphatic heterocycles. The second-order valence-corrected chi connectivity index (χ2v) is 5.37. The highest BCUT2D eigenvalue weighted by molar-refractivity contribution is 7.85. The fourth-order valence-corrected chi connectivity index (χ4v) is 2.60. The summed E-state index contributed by atoms with van der Waals surface area (Å²) in [5.41, 5.74) is 6.32. The van der Waals surface area contributed by atoms with Crippen LogP contribution in [0.3, 0.4) is 0 Å². The van der Waals surface area contributed by atoms with E-state index in [-0.39, 0.29) is 5.69 Å². The molecule has 18 heavy (non-hydrogen) atoms. The topological polar surface area (TPSA) is 56.0 Å². The third kappa shape index (κ3) is 3.13. The summed E-state index contributed by atoms with van der Waals surface area (Å²) in [5, 5.41) is 0. The summed E-state index contributed by atoms with van der Waals surface area (Å²) in [6, 6.07) is 9.84. The Kier molecular flexibility index (Phi) is 4.04. The van der Waals surface area contributed by atoms with E-state index < -0.39 is 16.6 Å². The van der Waals surface area contributed by atoms with Gasteiger partial charge in [0.25, 0.3) is 0 Å². The number of pyridine rings is 1. The monoisotopic (exact) mass is 264 g/mol. The van der Waals surface area contributed by atoms with E-state index in [0.717, 1.165) is 5.69 Å². The number of halogens is 1. The van der Waals surface area contributed by atoms with E-state index in [1.54, 1.807) is 12.3 Å². The number of nitrogens with two attached hydrogens (primary N) is 1. The number of hydrogen-bond acceptors (Lipinski definition) is 3. The first-order valence-electron chi connectivity index (χ1n) is 5.50. The standard InChI is InChI=1S/C13H13FN2OS/c14-12-9-11(4-5-13(12)15)18(17)8-6-10-3-1-2-7-16-10/h1-5,7,9H,6,8,15H2. The molecule has 1 aromatic heterocycles. The quantitative estimate of drug-likeness (QED) is 0.861. The van der Waals surface area contributed by atoms with E-state index >= 15 is 0 Å². The second-order valence-electron chi connectivity index (χ2n) is 3.80. The van der Waals surface area contributed by atoms with Gasteiger partial charge in [0.05, 0.1) is 16.5 Å². The Morgan fingerprint density at radius 2 is 2.11 bits per heavy atom. The zero-order chi connectivity index (χ0) is 13.0. The molecule has 0 saturated heterocycles. The van der Waals surface area contributed by atoms with Gasteiger partial charge in [0, 0.05) is 29.0 Å². The first kappa shape index (κ1) is 12.7.